The van der Waals surface area contributed by atoms with Gasteiger partial charge in [-0.3, -0.25) is 4.79 Å². The van der Waals surface area contributed by atoms with Crippen LogP contribution < -0.4 is 11.1 Å². The summed E-state index contributed by atoms with van der Waals surface area (Å²) in [6, 6.07) is 13.8. The van der Waals surface area contributed by atoms with Crippen molar-refractivity contribution in [2.24, 2.45) is 5.73 Å². The molecule has 1 aromatic heterocycles. The van der Waals surface area contributed by atoms with Crippen molar-refractivity contribution >= 4 is 17.7 Å². The molecule has 1 amide bonds. The fraction of sp³-hybridized carbons (Fsp3) is 0.100. The standard InChI is InChI=1S/C20H18N4O3/c1-27-20(26)15-4-2-3-13(9-15)17-10-14(5-6-16(17)11-21)19(25)24-18-7-8-22-12-23-18/h2-10,12H,11,21H2,1H3,(H,22,23,24,25). The molecule has 0 aliphatic carbocycles. The molecule has 1 heterocycles. The molecule has 3 aromatic rings. The number of nitrogens with one attached hydrogen (secondary N) is 1. The molecule has 0 aliphatic rings. The number of ether oxygens (including phenoxy) is 1. The Kier molecular flexibility index (Phi) is 5.53. The van der Waals surface area contributed by atoms with E-state index in [2.05, 4.69) is 15.3 Å². The average molecular weight is 362 g/mol. The highest BCUT2D eigenvalue weighted by Gasteiger charge is 2.13. The lowest BCUT2D eigenvalue weighted by Crippen LogP contribution is -2.13. The van der Waals surface area contributed by atoms with Gasteiger partial charge in [0.15, 0.2) is 0 Å². The smallest absolute Gasteiger partial charge is 0.337 e. The molecule has 7 nitrogen and oxygen atoms in total. The summed E-state index contributed by atoms with van der Waals surface area (Å²) in [5.74, 6) is -0.321. The van der Waals surface area contributed by atoms with E-state index < -0.39 is 5.97 Å². The van der Waals surface area contributed by atoms with Crippen LogP contribution in [-0.4, -0.2) is 29.0 Å². The molecule has 2 aromatic carbocycles. The van der Waals surface area contributed by atoms with E-state index in [4.69, 9.17) is 10.5 Å². The molecule has 136 valence electrons. The molecule has 0 bridgehead atoms. The molecule has 0 fully saturated rings. The number of aromatic nitrogens is 2. The monoisotopic (exact) mass is 362 g/mol. The highest BCUT2D eigenvalue weighted by atomic mass is 16.5. The highest BCUT2D eigenvalue weighted by Crippen LogP contribution is 2.26. The molecule has 0 atom stereocenters. The Balaban J connectivity index is 1.97. The second-order valence-corrected chi connectivity index (χ2v) is 5.70. The van der Waals surface area contributed by atoms with Crippen LogP contribution >= 0.6 is 0 Å². The molecule has 3 rings (SSSR count). The van der Waals surface area contributed by atoms with Crippen molar-refractivity contribution in [1.82, 2.24) is 9.97 Å². The zero-order valence-electron chi connectivity index (χ0n) is 14.7. The van der Waals surface area contributed by atoms with Gasteiger partial charge in [0.2, 0.25) is 0 Å². The Bertz CT molecular complexity index is 974. The number of carbonyl (C=O) groups is 2. The van der Waals surface area contributed by atoms with Crippen LogP contribution in [0.25, 0.3) is 11.1 Å². The number of anilines is 1. The van der Waals surface area contributed by atoms with E-state index in [1.807, 2.05) is 6.07 Å². The second kappa shape index (κ2) is 8.20. The molecular formula is C20H18N4O3. The highest BCUT2D eigenvalue weighted by molar-refractivity contribution is 6.04. The van der Waals surface area contributed by atoms with Crippen molar-refractivity contribution in [2.75, 3.05) is 12.4 Å². The van der Waals surface area contributed by atoms with E-state index in [0.29, 0.717) is 23.5 Å². The molecular weight excluding hydrogens is 344 g/mol. The van der Waals surface area contributed by atoms with E-state index in [1.165, 1.54) is 13.4 Å². The van der Waals surface area contributed by atoms with Gasteiger partial charge in [0, 0.05) is 18.3 Å². The first kappa shape index (κ1) is 18.2. The van der Waals surface area contributed by atoms with Crippen LogP contribution in [0, 0.1) is 0 Å². The number of hydrogen-bond donors (Lipinski definition) is 2. The number of hydrogen-bond acceptors (Lipinski definition) is 6. The van der Waals surface area contributed by atoms with Crippen molar-refractivity contribution in [3.8, 4) is 11.1 Å². The topological polar surface area (TPSA) is 107 Å². The molecule has 0 aliphatic heterocycles. The van der Waals surface area contributed by atoms with Gasteiger partial charge in [-0.15, -0.1) is 0 Å². The Morgan fingerprint density at radius 2 is 1.96 bits per heavy atom. The van der Waals surface area contributed by atoms with Crippen LogP contribution in [0.2, 0.25) is 0 Å². The van der Waals surface area contributed by atoms with Crippen molar-refractivity contribution in [3.05, 3.63) is 77.7 Å². The van der Waals surface area contributed by atoms with Crippen LogP contribution in [0.3, 0.4) is 0 Å². The number of esters is 1. The number of carbonyl (C=O) groups excluding carboxylic acids is 2. The van der Waals surface area contributed by atoms with Crippen molar-refractivity contribution < 1.29 is 14.3 Å². The Labute approximate surface area is 156 Å². The molecule has 7 heteroatoms. The number of nitrogens with two attached hydrogens (primary N) is 1. The number of methoxy groups -OCH3 is 1. The van der Waals surface area contributed by atoms with Crippen LogP contribution in [-0.2, 0) is 11.3 Å². The number of rotatable bonds is 5. The van der Waals surface area contributed by atoms with Gasteiger partial charge < -0.3 is 15.8 Å². The fourth-order valence-electron chi connectivity index (χ4n) is 2.65. The van der Waals surface area contributed by atoms with Crippen molar-refractivity contribution in [2.45, 2.75) is 6.54 Å². The third-order valence-corrected chi connectivity index (χ3v) is 4.01. The molecule has 27 heavy (non-hydrogen) atoms. The minimum atomic E-state index is -0.427. The van der Waals surface area contributed by atoms with Gasteiger partial charge in [0.25, 0.3) is 5.91 Å². The Morgan fingerprint density at radius 3 is 2.67 bits per heavy atom. The molecule has 3 N–H and O–H groups in total. The summed E-state index contributed by atoms with van der Waals surface area (Å²) in [4.78, 5) is 32.2. The third kappa shape index (κ3) is 4.16. The summed E-state index contributed by atoms with van der Waals surface area (Å²) < 4.78 is 4.77. The van der Waals surface area contributed by atoms with E-state index in [1.54, 1.807) is 48.7 Å². The predicted molar refractivity (Wildman–Crippen MR) is 101 cm³/mol. The van der Waals surface area contributed by atoms with Crippen LogP contribution in [0.5, 0.6) is 0 Å². The number of amides is 1. The van der Waals surface area contributed by atoms with Gasteiger partial charge in [-0.1, -0.05) is 18.2 Å². The van der Waals surface area contributed by atoms with Crippen LogP contribution in [0.15, 0.2) is 61.1 Å². The summed E-state index contributed by atoms with van der Waals surface area (Å²) in [7, 11) is 1.33. The summed E-state index contributed by atoms with van der Waals surface area (Å²) in [5, 5.41) is 2.72. The van der Waals surface area contributed by atoms with E-state index in [0.717, 1.165) is 16.7 Å². The van der Waals surface area contributed by atoms with Gasteiger partial charge >= 0.3 is 5.97 Å². The largest absolute Gasteiger partial charge is 0.465 e. The maximum absolute atomic E-state index is 12.5. The van der Waals surface area contributed by atoms with Gasteiger partial charge in [-0.2, -0.15) is 0 Å². The summed E-state index contributed by atoms with van der Waals surface area (Å²) in [6.07, 6.45) is 2.90. The van der Waals surface area contributed by atoms with E-state index in [-0.39, 0.29) is 5.91 Å². The zero-order valence-corrected chi connectivity index (χ0v) is 14.7. The fourth-order valence-corrected chi connectivity index (χ4v) is 2.65. The summed E-state index contributed by atoms with van der Waals surface area (Å²) in [6.45, 7) is 0.297. The minimum absolute atomic E-state index is 0.297. The lowest BCUT2D eigenvalue weighted by atomic mass is 9.95. The predicted octanol–water partition coefficient (Wildman–Crippen LogP) is 2.64. The molecule has 0 spiro atoms. The van der Waals surface area contributed by atoms with E-state index in [9.17, 15) is 9.59 Å². The maximum atomic E-state index is 12.5. The molecule has 0 radical (unpaired) electrons. The van der Waals surface area contributed by atoms with Crippen LogP contribution in [0.1, 0.15) is 26.3 Å². The quantitative estimate of drug-likeness (QED) is 0.676. The number of benzene rings is 2. The lowest BCUT2D eigenvalue weighted by Gasteiger charge is -2.12. The van der Waals surface area contributed by atoms with Crippen LogP contribution in [0.4, 0.5) is 5.82 Å². The second-order valence-electron chi connectivity index (χ2n) is 5.70. The summed E-state index contributed by atoms with van der Waals surface area (Å²) >= 11 is 0. The number of nitrogens with zero attached hydrogens (tertiary/aromatic N) is 2. The lowest BCUT2D eigenvalue weighted by molar-refractivity contribution is 0.0600. The normalized spacial score (nSPS) is 10.3. The zero-order chi connectivity index (χ0) is 19.2. The molecule has 0 unspecified atom stereocenters. The Hall–Kier alpha value is -3.58. The van der Waals surface area contributed by atoms with Gasteiger partial charge in [0.05, 0.1) is 12.7 Å². The first-order chi connectivity index (χ1) is 13.1. The van der Waals surface area contributed by atoms with Gasteiger partial charge in [-0.05, 0) is 47.0 Å². The molecule has 0 saturated heterocycles. The third-order valence-electron chi connectivity index (χ3n) is 4.01. The minimum Gasteiger partial charge on any atom is -0.465 e. The molecule has 0 saturated carbocycles. The van der Waals surface area contributed by atoms with Gasteiger partial charge in [0.1, 0.15) is 12.1 Å². The SMILES string of the molecule is COC(=O)c1cccc(-c2cc(C(=O)Nc3ccncn3)ccc2CN)c1. The van der Waals surface area contributed by atoms with Crippen molar-refractivity contribution in [1.29, 1.82) is 0 Å². The van der Waals surface area contributed by atoms with Crippen molar-refractivity contribution in [3.63, 3.8) is 0 Å². The maximum Gasteiger partial charge on any atom is 0.337 e. The van der Waals surface area contributed by atoms with E-state index >= 15 is 0 Å². The first-order valence-electron chi connectivity index (χ1n) is 8.21. The summed E-state index contributed by atoms with van der Waals surface area (Å²) in [5.41, 5.74) is 9.13. The Morgan fingerprint density at radius 1 is 1.11 bits per heavy atom. The first-order valence-corrected chi connectivity index (χ1v) is 8.21. The van der Waals surface area contributed by atoms with Gasteiger partial charge in [-0.25, -0.2) is 14.8 Å². The average Bonchev–Trinajstić information content (AvgIpc) is 2.73.